The average Bonchev–Trinajstić information content (AvgIpc) is 2.92. The second kappa shape index (κ2) is 7.42. The highest BCUT2D eigenvalue weighted by atomic mass is 35.5. The zero-order valence-corrected chi connectivity index (χ0v) is 12.9. The quantitative estimate of drug-likeness (QED) is 0.834. The van der Waals surface area contributed by atoms with Crippen LogP contribution in [0.2, 0.25) is 10.0 Å². The number of carbonyl (C=O) groups excluding carboxylic acids is 1. The average molecular weight is 334 g/mol. The van der Waals surface area contributed by atoms with E-state index in [2.05, 4.69) is 5.32 Å². The molecule has 2 N–H and O–H groups in total. The first-order valence-corrected chi connectivity index (χ1v) is 7.38. The van der Waals surface area contributed by atoms with Crippen molar-refractivity contribution < 1.29 is 19.4 Å². The van der Waals surface area contributed by atoms with Crippen LogP contribution in [-0.4, -0.2) is 49.6 Å². The molecule has 1 atom stereocenters. The van der Waals surface area contributed by atoms with Crippen molar-refractivity contribution in [2.45, 2.75) is 12.0 Å². The number of amides is 1. The predicted octanol–water partition coefficient (Wildman–Crippen LogP) is 1.89. The van der Waals surface area contributed by atoms with Crippen LogP contribution in [0.1, 0.15) is 16.8 Å². The van der Waals surface area contributed by atoms with Crippen LogP contribution < -0.4 is 5.32 Å². The number of rotatable bonds is 6. The van der Waals surface area contributed by atoms with Gasteiger partial charge in [0, 0.05) is 24.6 Å². The number of carbonyl (C=O) groups is 1. The second-order valence-corrected chi connectivity index (χ2v) is 5.71. The van der Waals surface area contributed by atoms with E-state index in [9.17, 15) is 4.79 Å². The lowest BCUT2D eigenvalue weighted by Gasteiger charge is -2.27. The number of benzene rings is 1. The molecule has 116 valence electrons. The number of ether oxygens (including phenoxy) is 2. The summed E-state index contributed by atoms with van der Waals surface area (Å²) in [7, 11) is 0. The van der Waals surface area contributed by atoms with Gasteiger partial charge in [-0.05, 0) is 18.2 Å². The van der Waals surface area contributed by atoms with Gasteiger partial charge < -0.3 is 19.9 Å². The molecule has 1 unspecified atom stereocenters. The van der Waals surface area contributed by atoms with Crippen LogP contribution >= 0.6 is 23.2 Å². The van der Waals surface area contributed by atoms with Crippen molar-refractivity contribution in [2.75, 3.05) is 33.0 Å². The summed E-state index contributed by atoms with van der Waals surface area (Å²) in [6, 6.07) is 4.71. The van der Waals surface area contributed by atoms with E-state index >= 15 is 0 Å². The van der Waals surface area contributed by atoms with Crippen LogP contribution in [0, 0.1) is 0 Å². The fraction of sp³-hybridized carbons (Fsp3) is 0.500. The van der Waals surface area contributed by atoms with Gasteiger partial charge >= 0.3 is 0 Å². The van der Waals surface area contributed by atoms with E-state index in [0.717, 1.165) is 0 Å². The van der Waals surface area contributed by atoms with E-state index in [1.54, 1.807) is 12.1 Å². The maximum Gasteiger partial charge on any atom is 0.252 e. The van der Waals surface area contributed by atoms with Crippen LogP contribution in [0.5, 0.6) is 0 Å². The van der Waals surface area contributed by atoms with Crippen molar-refractivity contribution >= 4 is 29.1 Å². The highest BCUT2D eigenvalue weighted by Crippen LogP contribution is 2.24. The van der Waals surface area contributed by atoms with Crippen LogP contribution in [0.4, 0.5) is 0 Å². The molecular formula is C14H17Cl2NO4. The van der Waals surface area contributed by atoms with Gasteiger partial charge in [-0.2, -0.15) is 0 Å². The zero-order valence-electron chi connectivity index (χ0n) is 11.4. The summed E-state index contributed by atoms with van der Waals surface area (Å²) >= 11 is 11.8. The smallest absolute Gasteiger partial charge is 0.252 e. The van der Waals surface area contributed by atoms with Crippen LogP contribution in [-0.2, 0) is 9.47 Å². The Morgan fingerprint density at radius 1 is 1.48 bits per heavy atom. The number of hydrogen-bond acceptors (Lipinski definition) is 4. The lowest BCUT2D eigenvalue weighted by molar-refractivity contribution is -0.0582. The van der Waals surface area contributed by atoms with Gasteiger partial charge in [0.25, 0.3) is 5.91 Å². The molecule has 1 saturated heterocycles. The van der Waals surface area contributed by atoms with Crippen LogP contribution in [0.15, 0.2) is 18.2 Å². The van der Waals surface area contributed by atoms with E-state index < -0.39 is 5.60 Å². The molecule has 5 nitrogen and oxygen atoms in total. The van der Waals surface area contributed by atoms with Crippen molar-refractivity contribution in [1.82, 2.24) is 5.32 Å². The topological polar surface area (TPSA) is 67.8 Å². The molecule has 1 aromatic carbocycles. The molecule has 2 rings (SSSR count). The third-order valence-corrected chi connectivity index (χ3v) is 3.86. The summed E-state index contributed by atoms with van der Waals surface area (Å²) in [6.07, 6.45) is 0.668. The Bertz CT molecular complexity index is 504. The van der Waals surface area contributed by atoms with Crippen molar-refractivity contribution in [3.63, 3.8) is 0 Å². The zero-order chi connectivity index (χ0) is 15.3. The molecule has 1 fully saturated rings. The monoisotopic (exact) mass is 333 g/mol. The van der Waals surface area contributed by atoms with Gasteiger partial charge in [0.1, 0.15) is 5.60 Å². The van der Waals surface area contributed by atoms with Gasteiger partial charge in [-0.25, -0.2) is 0 Å². The van der Waals surface area contributed by atoms with Gasteiger partial charge in [0.05, 0.1) is 30.4 Å². The number of nitrogens with one attached hydrogen (secondary N) is 1. The first kappa shape index (κ1) is 16.5. The molecule has 0 saturated carbocycles. The third kappa shape index (κ3) is 4.31. The molecule has 1 heterocycles. The Kier molecular flexibility index (Phi) is 5.84. The first-order valence-electron chi connectivity index (χ1n) is 6.62. The van der Waals surface area contributed by atoms with Crippen molar-refractivity contribution in [3.8, 4) is 0 Å². The molecule has 7 heteroatoms. The Balaban J connectivity index is 1.98. The number of halogens is 2. The van der Waals surface area contributed by atoms with Gasteiger partial charge in [0.15, 0.2) is 0 Å². The van der Waals surface area contributed by atoms with Crippen molar-refractivity contribution in [3.05, 3.63) is 33.8 Å². The van der Waals surface area contributed by atoms with Crippen molar-refractivity contribution in [1.29, 1.82) is 0 Å². The fourth-order valence-corrected chi connectivity index (χ4v) is 2.66. The highest BCUT2D eigenvalue weighted by molar-refractivity contribution is 6.36. The number of aliphatic hydroxyl groups is 1. The number of aliphatic hydroxyl groups excluding tert-OH is 1. The van der Waals surface area contributed by atoms with E-state index in [1.807, 2.05) is 0 Å². The minimum Gasteiger partial charge on any atom is -0.394 e. The SMILES string of the molecule is O=C(NCC1(OCCO)CCOC1)c1ccc(Cl)cc1Cl. The van der Waals surface area contributed by atoms with Gasteiger partial charge in [-0.3, -0.25) is 4.79 Å². The van der Waals surface area contributed by atoms with E-state index in [1.165, 1.54) is 6.07 Å². The Labute approximate surface area is 133 Å². The Morgan fingerprint density at radius 2 is 2.29 bits per heavy atom. The van der Waals surface area contributed by atoms with Crippen LogP contribution in [0.25, 0.3) is 0 Å². The molecule has 1 aromatic rings. The standard InChI is InChI=1S/C14H17Cl2NO4/c15-10-1-2-11(12(16)7-10)13(19)17-8-14(21-6-4-18)3-5-20-9-14/h1-2,7,18H,3-6,8-9H2,(H,17,19). The molecule has 1 aliphatic heterocycles. The number of hydrogen-bond donors (Lipinski definition) is 2. The highest BCUT2D eigenvalue weighted by Gasteiger charge is 2.36. The van der Waals surface area contributed by atoms with E-state index in [-0.39, 0.29) is 19.1 Å². The molecule has 0 spiro atoms. The van der Waals surface area contributed by atoms with Gasteiger partial charge in [-0.15, -0.1) is 0 Å². The van der Waals surface area contributed by atoms with E-state index in [0.29, 0.717) is 41.8 Å². The molecule has 0 aliphatic carbocycles. The largest absolute Gasteiger partial charge is 0.394 e. The Hall–Kier alpha value is -0.850. The van der Waals surface area contributed by atoms with Gasteiger partial charge in [0.2, 0.25) is 0 Å². The first-order chi connectivity index (χ1) is 10.1. The van der Waals surface area contributed by atoms with Crippen molar-refractivity contribution in [2.24, 2.45) is 0 Å². The summed E-state index contributed by atoms with van der Waals surface area (Å²) in [5.41, 5.74) is -0.227. The summed E-state index contributed by atoms with van der Waals surface area (Å²) < 4.78 is 11.0. The summed E-state index contributed by atoms with van der Waals surface area (Å²) in [4.78, 5) is 12.2. The molecule has 1 aliphatic rings. The van der Waals surface area contributed by atoms with E-state index in [4.69, 9.17) is 37.8 Å². The molecule has 1 amide bonds. The molecule has 0 bridgehead atoms. The maximum atomic E-state index is 12.2. The lowest BCUT2D eigenvalue weighted by Crippen LogP contribution is -2.46. The molecule has 0 aromatic heterocycles. The summed E-state index contributed by atoms with van der Waals surface area (Å²) in [5.74, 6) is -0.296. The predicted molar refractivity (Wildman–Crippen MR) is 80.0 cm³/mol. The Morgan fingerprint density at radius 3 is 2.90 bits per heavy atom. The molecule has 0 radical (unpaired) electrons. The lowest BCUT2D eigenvalue weighted by atomic mass is 10.0. The summed E-state index contributed by atoms with van der Waals surface area (Å²) in [6.45, 7) is 1.40. The van der Waals surface area contributed by atoms with Crippen LogP contribution in [0.3, 0.4) is 0 Å². The maximum absolute atomic E-state index is 12.2. The second-order valence-electron chi connectivity index (χ2n) is 4.86. The normalized spacial score (nSPS) is 21.5. The third-order valence-electron chi connectivity index (χ3n) is 3.31. The van der Waals surface area contributed by atoms with Gasteiger partial charge in [-0.1, -0.05) is 23.2 Å². The fourth-order valence-electron chi connectivity index (χ4n) is 2.17. The minimum absolute atomic E-state index is 0.0707. The summed E-state index contributed by atoms with van der Waals surface area (Å²) in [5, 5.41) is 12.4. The molecular weight excluding hydrogens is 317 g/mol. The molecule has 21 heavy (non-hydrogen) atoms. The minimum atomic E-state index is -0.586.